The van der Waals surface area contributed by atoms with Crippen molar-refractivity contribution in [3.05, 3.63) is 39.8 Å². The Balaban J connectivity index is 0.00000841. The number of H-pyrrole nitrogens is 1. The Hall–Kier alpha value is 3.40. The zero-order valence-corrected chi connectivity index (χ0v) is 48.8. The third-order valence-electron chi connectivity index (χ3n) is 9.07. The molecule has 1 N–H and O–H groups in total. The van der Waals surface area contributed by atoms with Gasteiger partial charge in [0.05, 0.1) is 67.5 Å². The Labute approximate surface area is 518 Å². The first kappa shape index (κ1) is 62.4. The molecule has 308 valence electrons. The van der Waals surface area contributed by atoms with E-state index in [4.69, 9.17) is 9.47 Å². The second-order valence-electron chi connectivity index (χ2n) is 12.3. The maximum Gasteiger partial charge on any atom is 1.00 e. The van der Waals surface area contributed by atoms with Crippen molar-refractivity contribution < 1.29 is 285 Å². The molecule has 1 aliphatic heterocycles. The molecule has 4 rings (SSSR count). The van der Waals surface area contributed by atoms with Gasteiger partial charge < -0.3 is 29.1 Å². The number of hydrazone groups is 1. The van der Waals surface area contributed by atoms with Gasteiger partial charge in [0.1, 0.15) is 0 Å². The van der Waals surface area contributed by atoms with E-state index < -0.39 is 82.6 Å². The number of hydrogen-bond donors (Lipinski definition) is 1. The molecule has 2 fully saturated rings. The largest absolute Gasteiger partial charge is 1.00 e. The molecular formula is C29H36K4N4O18S4. The van der Waals surface area contributed by atoms with Crippen LogP contribution in [0.25, 0.3) is 6.08 Å². The summed E-state index contributed by atoms with van der Waals surface area (Å²) in [6, 6.07) is -2.63. The average molecular weight is 1010 g/mol. The van der Waals surface area contributed by atoms with E-state index in [1.807, 2.05) is 0 Å². The summed E-state index contributed by atoms with van der Waals surface area (Å²) in [4.78, 5) is 53.1. The Morgan fingerprint density at radius 2 is 1.32 bits per heavy atom. The van der Waals surface area contributed by atoms with Crippen molar-refractivity contribution >= 4 is 74.0 Å². The van der Waals surface area contributed by atoms with Gasteiger partial charge in [-0.15, -0.1) is 0 Å². The minimum Gasteiger partial charge on any atom is -0.748 e. The van der Waals surface area contributed by atoms with Crippen molar-refractivity contribution in [1.29, 1.82) is 0 Å². The molecular weight excluding hydrogens is 977 g/mol. The van der Waals surface area contributed by atoms with Crippen LogP contribution in [-0.4, -0.2) is 105 Å². The summed E-state index contributed by atoms with van der Waals surface area (Å²) in [7, 11) is -9.92. The number of esters is 2. The second-order valence-corrected chi connectivity index (χ2v) is 17.5. The normalized spacial score (nSPS) is 24.7. The van der Waals surface area contributed by atoms with E-state index in [0.717, 1.165) is 9.69 Å². The molecule has 1 aromatic heterocycles. The van der Waals surface area contributed by atoms with E-state index >= 15 is 0 Å². The van der Waals surface area contributed by atoms with Crippen molar-refractivity contribution in [2.75, 3.05) is 13.2 Å². The summed E-state index contributed by atoms with van der Waals surface area (Å²) in [5.41, 5.74) is -1.91. The van der Waals surface area contributed by atoms with E-state index in [-0.39, 0.29) is 281 Å². The number of aromatic nitrogens is 2. The first-order valence-corrected chi connectivity index (χ1v) is 21.2. The Kier molecular flexibility index (Phi) is 31.7. The van der Waals surface area contributed by atoms with E-state index in [9.17, 15) is 55.6 Å². The van der Waals surface area contributed by atoms with Gasteiger partial charge in [-0.05, 0) is 64.9 Å². The summed E-state index contributed by atoms with van der Waals surface area (Å²) in [6.07, 6.45) is 4.56. The number of amides is 1. The molecule has 2 heterocycles. The zero-order valence-electron chi connectivity index (χ0n) is 33.0. The molecule has 0 saturated heterocycles. The van der Waals surface area contributed by atoms with Crippen LogP contribution in [0, 0.1) is 5.92 Å². The summed E-state index contributed by atoms with van der Waals surface area (Å²) >= 11 is 1.17. The molecule has 0 radical (unpaired) electrons. The predicted octanol–water partition coefficient (Wildman–Crippen LogP) is -12.7. The molecule has 1 amide bonds. The molecule has 2 aliphatic carbocycles. The number of nitrogens with zero attached hydrogens (tertiary/aromatic N) is 3. The monoisotopic (exact) mass is 1010 g/mol. The van der Waals surface area contributed by atoms with Crippen LogP contribution >= 0.6 is 24.1 Å². The molecule has 30 heteroatoms. The summed E-state index contributed by atoms with van der Waals surface area (Å²) in [5, 5.41) is 30.5. The van der Waals surface area contributed by atoms with E-state index in [0.29, 0.717) is 24.1 Å². The smallest absolute Gasteiger partial charge is 0.748 e. The Bertz CT molecular complexity index is 1930. The van der Waals surface area contributed by atoms with Crippen molar-refractivity contribution in [2.45, 2.75) is 91.9 Å². The molecule has 7 unspecified atom stereocenters. The van der Waals surface area contributed by atoms with Crippen LogP contribution in [0.4, 0.5) is 0 Å². The minimum atomic E-state index is -4.96. The van der Waals surface area contributed by atoms with Crippen LogP contribution in [0.15, 0.2) is 28.1 Å². The average Bonchev–Trinajstić information content (AvgIpc) is 3.64. The first-order chi connectivity index (χ1) is 26.1. The van der Waals surface area contributed by atoms with Gasteiger partial charge in [-0.2, -0.15) is 13.8 Å². The summed E-state index contributed by atoms with van der Waals surface area (Å²) < 4.78 is 92.8. The van der Waals surface area contributed by atoms with Gasteiger partial charge in [0.25, 0.3) is 11.5 Å². The Morgan fingerprint density at radius 1 is 0.814 bits per heavy atom. The van der Waals surface area contributed by atoms with Crippen LogP contribution in [0.2, 0.25) is 0 Å². The number of carbonyl (C=O) groups excluding carboxylic acids is 3. The SMILES string of the molecule is CCOC(=O)C1=NN(C2CC(SOO[O-])CCC2S(=O)(=O)[O-])C(=O)C1CC=CC=Cc1c(C(=O)OCC)[nH]n(C2CC(SOO[O-])CCC2S(=O)(=O)[O-])c1=O.[K+].[K+].[K+].[K+]. The summed E-state index contributed by atoms with van der Waals surface area (Å²) in [6.45, 7) is 2.83. The maximum atomic E-state index is 13.7. The molecule has 0 aromatic carbocycles. The third kappa shape index (κ3) is 17.5. The van der Waals surface area contributed by atoms with Gasteiger partial charge in [-0.25, -0.2) is 36.1 Å². The minimum absolute atomic E-state index is 0. The number of aromatic amines is 1. The third-order valence-corrected chi connectivity index (χ3v) is 13.3. The number of ether oxygens (including phenoxy) is 2. The van der Waals surface area contributed by atoms with Crippen LogP contribution in [-0.2, 0) is 58.0 Å². The number of nitrogens with one attached hydrogen (secondary N) is 1. The summed E-state index contributed by atoms with van der Waals surface area (Å²) in [5.74, 6) is -4.07. The molecule has 7 atom stereocenters. The molecule has 0 bridgehead atoms. The number of rotatable bonds is 18. The van der Waals surface area contributed by atoms with Crippen molar-refractivity contribution in [1.82, 2.24) is 14.8 Å². The topological polar surface area (TPSA) is 320 Å². The van der Waals surface area contributed by atoms with Crippen LogP contribution in [0.1, 0.15) is 80.9 Å². The number of carbonyl (C=O) groups is 3. The fourth-order valence-corrected chi connectivity index (χ4v) is 10.1. The zero-order chi connectivity index (χ0) is 40.5. The van der Waals surface area contributed by atoms with Gasteiger partial charge in [-0.1, -0.05) is 18.2 Å². The van der Waals surface area contributed by atoms with Crippen molar-refractivity contribution in [2.24, 2.45) is 11.0 Å². The molecule has 59 heavy (non-hydrogen) atoms. The second kappa shape index (κ2) is 30.0. The van der Waals surface area contributed by atoms with Gasteiger partial charge in [0, 0.05) is 34.6 Å². The van der Waals surface area contributed by atoms with Gasteiger partial charge in [0.15, 0.2) is 11.4 Å². The van der Waals surface area contributed by atoms with Crippen molar-refractivity contribution in [3.8, 4) is 0 Å². The van der Waals surface area contributed by atoms with Gasteiger partial charge >= 0.3 is 217 Å². The fraction of sp³-hybridized carbons (Fsp3) is 0.621. The van der Waals surface area contributed by atoms with Crippen LogP contribution in [0.3, 0.4) is 0 Å². The maximum absolute atomic E-state index is 13.7. The Morgan fingerprint density at radius 3 is 1.83 bits per heavy atom. The quantitative estimate of drug-likeness (QED) is 0.0271. The molecule has 22 nitrogen and oxygen atoms in total. The first-order valence-electron chi connectivity index (χ1n) is 16.6. The molecule has 2 saturated carbocycles. The molecule has 0 spiro atoms. The van der Waals surface area contributed by atoms with E-state index in [1.54, 1.807) is 0 Å². The fourth-order valence-electron chi connectivity index (χ4n) is 6.69. The number of allylic oxidation sites excluding steroid dienone is 3. The van der Waals surface area contributed by atoms with E-state index in [2.05, 4.69) is 28.9 Å². The predicted molar refractivity (Wildman–Crippen MR) is 183 cm³/mol. The molecule has 1 aromatic rings. The molecule has 3 aliphatic rings. The van der Waals surface area contributed by atoms with Crippen LogP contribution < -0.4 is 222 Å². The standard InChI is InChI=1S/C29H40N4O18S4.4K/c1-3-46-28(36)24-18(26(34)32(30-24)20-14-16(52-50-48-38)10-12-22(20)54(40,41)42)8-6-5-7-9-19-25(29(37)47-4-2)31-33(27(19)35)21-15-17(53-51-49-39)11-13-23(21)55(43,44)45;;;;/h5-8,16-17,19-23,30,38-39H,3-4,9-15H2,1-2H3,(H,40,41,42)(H,43,44,45);;;;/q;4*+1/p-4. The van der Waals surface area contributed by atoms with Crippen LogP contribution in [0.5, 0.6) is 0 Å². The van der Waals surface area contributed by atoms with Gasteiger partial charge in [-0.3, -0.25) is 24.8 Å². The van der Waals surface area contributed by atoms with Crippen molar-refractivity contribution in [3.63, 3.8) is 0 Å². The van der Waals surface area contributed by atoms with Gasteiger partial charge in [0.2, 0.25) is 0 Å². The number of hydrogen-bond acceptors (Lipinski definition) is 21. The van der Waals surface area contributed by atoms with E-state index in [1.165, 1.54) is 38.2 Å².